The average molecular weight is 646 g/mol. The minimum absolute atomic E-state index is 0.0480. The van der Waals surface area contributed by atoms with Crippen LogP contribution in [0, 0.1) is 20.8 Å². The predicted octanol–water partition coefficient (Wildman–Crippen LogP) is 6.63. The molecule has 0 bridgehead atoms. The fourth-order valence-corrected chi connectivity index (χ4v) is 6.65. The van der Waals surface area contributed by atoms with E-state index in [0.29, 0.717) is 22.8 Å². The minimum atomic E-state index is -4.21. The quantitative estimate of drug-likeness (QED) is 0.177. The molecule has 0 aliphatic heterocycles. The summed E-state index contributed by atoms with van der Waals surface area (Å²) in [5, 5.41) is 3.30. The van der Waals surface area contributed by atoms with Crippen molar-refractivity contribution >= 4 is 39.1 Å². The van der Waals surface area contributed by atoms with Crippen molar-refractivity contribution in [2.24, 2.45) is 0 Å². The van der Waals surface area contributed by atoms with E-state index in [-0.39, 0.29) is 23.8 Å². The van der Waals surface area contributed by atoms with Crippen LogP contribution in [0.3, 0.4) is 0 Å². The highest BCUT2D eigenvalue weighted by atomic mass is 35.5. The summed E-state index contributed by atoms with van der Waals surface area (Å²) in [6, 6.07) is 27.8. The Balaban J connectivity index is 1.82. The topological polar surface area (TPSA) is 86.8 Å². The average Bonchev–Trinajstić information content (AvgIpc) is 3.03. The van der Waals surface area contributed by atoms with Gasteiger partial charge in [0.25, 0.3) is 10.0 Å². The van der Waals surface area contributed by atoms with Crippen molar-refractivity contribution in [2.75, 3.05) is 17.4 Å². The van der Waals surface area contributed by atoms with Crippen LogP contribution >= 0.6 is 11.6 Å². The molecule has 0 saturated carbocycles. The Labute approximate surface area is 271 Å². The van der Waals surface area contributed by atoms with Crippen molar-refractivity contribution in [3.05, 3.63) is 130 Å². The molecule has 7 nitrogen and oxygen atoms in total. The number of hydrogen-bond donors (Lipinski definition) is 1. The molecule has 4 rings (SSSR count). The zero-order valence-corrected chi connectivity index (χ0v) is 27.7. The molecular formula is C36H40ClN3O4S. The Morgan fingerprint density at radius 2 is 1.44 bits per heavy atom. The molecule has 0 unspecified atom stereocenters. The molecule has 45 heavy (non-hydrogen) atoms. The van der Waals surface area contributed by atoms with Crippen LogP contribution in [0.5, 0.6) is 0 Å². The largest absolute Gasteiger partial charge is 0.354 e. The number of hydrogen-bond acceptors (Lipinski definition) is 4. The van der Waals surface area contributed by atoms with Crippen LogP contribution in [0.1, 0.15) is 41.2 Å². The van der Waals surface area contributed by atoms with Crippen LogP contribution in [0.25, 0.3) is 0 Å². The third-order valence-corrected chi connectivity index (χ3v) is 9.63. The molecule has 4 aromatic carbocycles. The first-order valence-electron chi connectivity index (χ1n) is 15.0. The van der Waals surface area contributed by atoms with Crippen molar-refractivity contribution in [1.29, 1.82) is 0 Å². The highest BCUT2D eigenvalue weighted by Gasteiger charge is 2.35. The zero-order valence-electron chi connectivity index (χ0n) is 26.2. The molecule has 0 aliphatic carbocycles. The molecule has 0 aliphatic rings. The molecule has 236 valence electrons. The van der Waals surface area contributed by atoms with Crippen molar-refractivity contribution in [3.8, 4) is 0 Å². The fourth-order valence-electron chi connectivity index (χ4n) is 5.01. The summed E-state index contributed by atoms with van der Waals surface area (Å²) in [4.78, 5) is 29.8. The first-order valence-corrected chi connectivity index (χ1v) is 16.8. The monoisotopic (exact) mass is 645 g/mol. The normalized spacial score (nSPS) is 11.9. The molecule has 9 heteroatoms. The number of carbonyl (C=O) groups is 2. The van der Waals surface area contributed by atoms with Crippen molar-refractivity contribution in [1.82, 2.24) is 10.2 Å². The molecule has 0 fully saturated rings. The van der Waals surface area contributed by atoms with E-state index < -0.39 is 28.5 Å². The third kappa shape index (κ3) is 8.74. The summed E-state index contributed by atoms with van der Waals surface area (Å²) in [5.41, 5.74) is 4.59. The van der Waals surface area contributed by atoms with E-state index in [4.69, 9.17) is 11.6 Å². The third-order valence-electron chi connectivity index (χ3n) is 7.62. The molecular weight excluding hydrogens is 606 g/mol. The number of anilines is 1. The number of sulfonamides is 1. The highest BCUT2D eigenvalue weighted by molar-refractivity contribution is 7.92. The van der Waals surface area contributed by atoms with Gasteiger partial charge in [0.1, 0.15) is 12.6 Å². The Bertz CT molecular complexity index is 1710. The lowest BCUT2D eigenvalue weighted by atomic mass is 10.0. The summed E-state index contributed by atoms with van der Waals surface area (Å²) >= 11 is 6.36. The van der Waals surface area contributed by atoms with Gasteiger partial charge >= 0.3 is 0 Å². The lowest BCUT2D eigenvalue weighted by Gasteiger charge is -2.34. The molecule has 0 spiro atoms. The summed E-state index contributed by atoms with van der Waals surface area (Å²) in [6.07, 6.45) is 0.987. The van der Waals surface area contributed by atoms with E-state index in [0.717, 1.165) is 33.0 Å². The number of halogens is 1. The maximum absolute atomic E-state index is 14.5. The van der Waals surface area contributed by atoms with E-state index in [1.165, 1.54) is 17.0 Å². The second-order valence-corrected chi connectivity index (χ2v) is 13.6. The summed E-state index contributed by atoms with van der Waals surface area (Å²) < 4.78 is 29.6. The van der Waals surface area contributed by atoms with Crippen LogP contribution in [0.4, 0.5) is 5.69 Å². The van der Waals surface area contributed by atoms with E-state index in [1.54, 1.807) is 37.3 Å². The molecule has 0 radical (unpaired) electrons. The van der Waals surface area contributed by atoms with Gasteiger partial charge in [-0.3, -0.25) is 13.9 Å². The zero-order chi connectivity index (χ0) is 32.6. The molecule has 1 N–H and O–H groups in total. The van der Waals surface area contributed by atoms with Gasteiger partial charge in [0.2, 0.25) is 11.8 Å². The van der Waals surface area contributed by atoms with Crippen LogP contribution in [-0.2, 0) is 32.6 Å². The number of carbonyl (C=O) groups excluding carboxylic acids is 2. The van der Waals surface area contributed by atoms with Gasteiger partial charge in [0.15, 0.2) is 0 Å². The Kier molecular flexibility index (Phi) is 11.4. The fraction of sp³-hybridized carbons (Fsp3) is 0.278. The van der Waals surface area contributed by atoms with Gasteiger partial charge in [-0.15, -0.1) is 0 Å². The number of benzene rings is 4. The smallest absolute Gasteiger partial charge is 0.264 e. The van der Waals surface area contributed by atoms with Gasteiger partial charge in [-0.25, -0.2) is 8.42 Å². The van der Waals surface area contributed by atoms with E-state index in [1.807, 2.05) is 75.4 Å². The molecule has 0 heterocycles. The second-order valence-electron chi connectivity index (χ2n) is 11.3. The second kappa shape index (κ2) is 15.2. The predicted molar refractivity (Wildman–Crippen MR) is 181 cm³/mol. The van der Waals surface area contributed by atoms with Gasteiger partial charge < -0.3 is 10.2 Å². The Morgan fingerprint density at radius 1 is 0.822 bits per heavy atom. The van der Waals surface area contributed by atoms with Gasteiger partial charge in [-0.1, -0.05) is 102 Å². The number of nitrogens with one attached hydrogen (secondary N) is 1. The standard InChI is InChI=1S/C36H40ClN3O4S/c1-5-21-38-36(42)34(22-29-9-7-6-8-10-29)39(24-30-16-11-26(2)12-17-30)35(41)25-40(33-23-31(37)18-15-28(33)4)45(43,44)32-19-13-27(3)14-20-32/h6-20,23,34H,5,21-22,24-25H2,1-4H3,(H,38,42)/t34-/m1/s1. The Morgan fingerprint density at radius 3 is 2.07 bits per heavy atom. The maximum atomic E-state index is 14.5. The van der Waals surface area contributed by atoms with Gasteiger partial charge in [-0.05, 0) is 68.1 Å². The Hall–Kier alpha value is -4.14. The molecule has 0 saturated heterocycles. The van der Waals surface area contributed by atoms with E-state index >= 15 is 0 Å². The van der Waals surface area contributed by atoms with Crippen molar-refractivity contribution in [2.45, 2.75) is 58.0 Å². The first kappa shape index (κ1) is 33.7. The lowest BCUT2D eigenvalue weighted by molar-refractivity contribution is -0.140. The van der Waals surface area contributed by atoms with Crippen LogP contribution in [0.2, 0.25) is 5.02 Å². The summed E-state index contributed by atoms with van der Waals surface area (Å²) in [7, 11) is -4.21. The first-order chi connectivity index (χ1) is 21.5. The van der Waals surface area contributed by atoms with Crippen molar-refractivity contribution in [3.63, 3.8) is 0 Å². The number of aryl methyl sites for hydroxylation is 3. The molecule has 4 aromatic rings. The van der Waals surface area contributed by atoms with Gasteiger partial charge in [-0.2, -0.15) is 0 Å². The van der Waals surface area contributed by atoms with E-state index in [2.05, 4.69) is 5.32 Å². The van der Waals surface area contributed by atoms with Crippen molar-refractivity contribution < 1.29 is 18.0 Å². The van der Waals surface area contributed by atoms with Gasteiger partial charge in [0.05, 0.1) is 10.6 Å². The van der Waals surface area contributed by atoms with Crippen LogP contribution < -0.4 is 9.62 Å². The summed E-state index contributed by atoms with van der Waals surface area (Å²) in [5.74, 6) is -0.814. The summed E-state index contributed by atoms with van der Waals surface area (Å²) in [6.45, 7) is 7.62. The number of amides is 2. The number of rotatable bonds is 13. The lowest BCUT2D eigenvalue weighted by Crippen LogP contribution is -2.53. The van der Waals surface area contributed by atoms with E-state index in [9.17, 15) is 18.0 Å². The molecule has 1 atom stereocenters. The maximum Gasteiger partial charge on any atom is 0.264 e. The molecule has 0 aromatic heterocycles. The van der Waals surface area contributed by atoms with Crippen LogP contribution in [0.15, 0.2) is 102 Å². The molecule has 2 amide bonds. The number of nitrogens with zero attached hydrogens (tertiary/aromatic N) is 2. The SMILES string of the molecule is CCCNC(=O)[C@@H](Cc1ccccc1)N(Cc1ccc(C)cc1)C(=O)CN(c1cc(Cl)ccc1C)S(=O)(=O)c1ccc(C)cc1. The highest BCUT2D eigenvalue weighted by Crippen LogP contribution is 2.30. The van der Waals surface area contributed by atoms with Crippen LogP contribution in [-0.4, -0.2) is 44.3 Å². The minimum Gasteiger partial charge on any atom is -0.354 e. The van der Waals surface area contributed by atoms with Gasteiger partial charge in [0, 0.05) is 24.5 Å².